The minimum atomic E-state index is -1.11. The van der Waals surface area contributed by atoms with Crippen molar-refractivity contribution in [2.75, 3.05) is 19.0 Å². The number of anilines is 1. The summed E-state index contributed by atoms with van der Waals surface area (Å²) < 4.78 is 20.9. The van der Waals surface area contributed by atoms with Crippen LogP contribution in [0.3, 0.4) is 0 Å². The predicted octanol–water partition coefficient (Wildman–Crippen LogP) is 3.58. The van der Waals surface area contributed by atoms with Gasteiger partial charge in [-0.05, 0) is 26.0 Å². The monoisotopic (exact) mass is 411 g/mol. The molecule has 1 heterocycles. The molecule has 0 aliphatic heterocycles. The summed E-state index contributed by atoms with van der Waals surface area (Å²) in [7, 11) is 1.49. The molecule has 0 fully saturated rings. The minimum Gasteiger partial charge on any atom is -0.495 e. The third-order valence-electron chi connectivity index (χ3n) is 4.26. The van der Waals surface area contributed by atoms with Crippen molar-refractivity contribution in [2.45, 2.75) is 20.0 Å². The molecule has 3 rings (SSSR count). The number of benzene rings is 2. The van der Waals surface area contributed by atoms with Crippen molar-refractivity contribution in [3.8, 4) is 5.75 Å². The van der Waals surface area contributed by atoms with Crippen LogP contribution in [0.25, 0.3) is 21.9 Å². The van der Waals surface area contributed by atoms with Crippen molar-refractivity contribution < 1.29 is 33.0 Å². The number of rotatable bonds is 7. The number of fused-ring (bicyclic) bond motifs is 3. The van der Waals surface area contributed by atoms with Crippen LogP contribution in [-0.2, 0) is 23.9 Å². The molecule has 0 aliphatic carbocycles. The molecule has 0 unspecified atom stereocenters. The summed E-state index contributed by atoms with van der Waals surface area (Å²) in [6.07, 6.45) is 0.734. The molecular weight excluding hydrogens is 390 g/mol. The molecule has 0 radical (unpaired) electrons. The molecule has 1 aromatic heterocycles. The van der Waals surface area contributed by atoms with Crippen molar-refractivity contribution >= 4 is 45.5 Å². The van der Waals surface area contributed by atoms with E-state index in [1.165, 1.54) is 14.0 Å². The Kier molecular flexibility index (Phi) is 6.36. The first-order valence-electron chi connectivity index (χ1n) is 9.28. The Bertz CT molecular complexity index is 1130. The number of para-hydroxylation sites is 1. The summed E-state index contributed by atoms with van der Waals surface area (Å²) in [6.45, 7) is 3.25. The van der Waals surface area contributed by atoms with Crippen LogP contribution in [0.2, 0.25) is 0 Å². The van der Waals surface area contributed by atoms with Gasteiger partial charge in [-0.3, -0.25) is 4.79 Å². The van der Waals surface area contributed by atoms with Gasteiger partial charge >= 0.3 is 11.9 Å². The first kappa shape index (κ1) is 20.9. The third-order valence-corrected chi connectivity index (χ3v) is 4.26. The van der Waals surface area contributed by atoms with E-state index in [1.54, 1.807) is 19.1 Å². The minimum absolute atomic E-state index is 0.189. The van der Waals surface area contributed by atoms with Gasteiger partial charge in [-0.15, -0.1) is 0 Å². The number of carbonyl (C=O) groups is 3. The second-order valence-electron chi connectivity index (χ2n) is 6.30. The smallest absolute Gasteiger partial charge is 0.331 e. The highest BCUT2D eigenvalue weighted by Crippen LogP contribution is 2.36. The van der Waals surface area contributed by atoms with Crippen LogP contribution in [0.4, 0.5) is 5.69 Å². The summed E-state index contributed by atoms with van der Waals surface area (Å²) in [4.78, 5) is 35.5. The topological polar surface area (TPSA) is 104 Å². The van der Waals surface area contributed by atoms with Crippen LogP contribution >= 0.6 is 0 Å². The normalized spacial score (nSPS) is 12.1. The van der Waals surface area contributed by atoms with Crippen molar-refractivity contribution in [1.29, 1.82) is 0 Å². The molecule has 0 saturated heterocycles. The first-order chi connectivity index (χ1) is 14.4. The Balaban J connectivity index is 1.74. The molecule has 8 nitrogen and oxygen atoms in total. The number of furan rings is 1. The molecule has 1 atom stereocenters. The number of hydrogen-bond donors (Lipinski definition) is 1. The number of carbonyl (C=O) groups excluding carboxylic acids is 3. The summed E-state index contributed by atoms with van der Waals surface area (Å²) in [5.74, 6) is -1.65. The average molecular weight is 411 g/mol. The quantitative estimate of drug-likeness (QED) is 0.468. The van der Waals surface area contributed by atoms with E-state index in [1.807, 2.05) is 24.3 Å². The molecule has 156 valence electrons. The third kappa shape index (κ3) is 4.60. The van der Waals surface area contributed by atoms with E-state index in [2.05, 4.69) is 10.1 Å². The van der Waals surface area contributed by atoms with Crippen LogP contribution in [-0.4, -0.2) is 37.7 Å². The standard InChI is InChI=1S/C22H21NO7/c1-4-28-20(24)9-10-21(25)29-13(2)22(26)23-16-12-18-15(11-19(16)27-3)14-7-5-6-8-17(14)30-18/h5-13H,4H2,1-3H3,(H,23,26)/b10-9+/t13-/m0/s1. The molecular formula is C22H21NO7. The zero-order chi connectivity index (χ0) is 21.7. The fourth-order valence-electron chi connectivity index (χ4n) is 2.85. The van der Waals surface area contributed by atoms with Crippen molar-refractivity contribution in [3.05, 3.63) is 48.6 Å². The Hall–Kier alpha value is -3.81. The van der Waals surface area contributed by atoms with E-state index in [0.717, 1.165) is 22.9 Å². The Labute approximate surface area is 172 Å². The van der Waals surface area contributed by atoms with E-state index in [9.17, 15) is 14.4 Å². The number of nitrogens with one attached hydrogen (secondary N) is 1. The zero-order valence-corrected chi connectivity index (χ0v) is 16.8. The Morgan fingerprint density at radius 3 is 2.53 bits per heavy atom. The van der Waals surface area contributed by atoms with Crippen molar-refractivity contribution in [3.63, 3.8) is 0 Å². The molecule has 0 bridgehead atoms. The van der Waals surface area contributed by atoms with Crippen LogP contribution in [0.15, 0.2) is 53.0 Å². The lowest BCUT2D eigenvalue weighted by Crippen LogP contribution is -2.29. The second-order valence-corrected chi connectivity index (χ2v) is 6.30. The number of esters is 2. The molecule has 1 N–H and O–H groups in total. The van der Waals surface area contributed by atoms with Gasteiger partial charge < -0.3 is 23.9 Å². The van der Waals surface area contributed by atoms with Gasteiger partial charge in [0.15, 0.2) is 6.10 Å². The Morgan fingerprint density at radius 2 is 1.80 bits per heavy atom. The molecule has 0 aliphatic rings. The Morgan fingerprint density at radius 1 is 1.07 bits per heavy atom. The SMILES string of the molecule is CCOC(=O)/C=C/C(=O)O[C@@H](C)C(=O)Nc1cc2oc3ccccc3c2cc1OC. The number of amides is 1. The lowest BCUT2D eigenvalue weighted by atomic mass is 10.1. The highest BCUT2D eigenvalue weighted by Gasteiger charge is 2.20. The molecule has 0 spiro atoms. The molecule has 8 heteroatoms. The summed E-state index contributed by atoms with van der Waals surface area (Å²) in [5, 5.41) is 4.45. The van der Waals surface area contributed by atoms with Gasteiger partial charge in [0.05, 0.1) is 19.4 Å². The van der Waals surface area contributed by atoms with E-state index >= 15 is 0 Å². The molecule has 2 aromatic carbocycles. The van der Waals surface area contributed by atoms with Crippen molar-refractivity contribution in [2.24, 2.45) is 0 Å². The van der Waals surface area contributed by atoms with Gasteiger partial charge in [-0.1, -0.05) is 18.2 Å². The summed E-state index contributed by atoms with van der Waals surface area (Å²) in [5.41, 5.74) is 1.67. The van der Waals surface area contributed by atoms with E-state index in [0.29, 0.717) is 22.6 Å². The first-order valence-corrected chi connectivity index (χ1v) is 9.28. The van der Waals surface area contributed by atoms with Crippen LogP contribution < -0.4 is 10.1 Å². The summed E-state index contributed by atoms with van der Waals surface area (Å²) >= 11 is 0. The molecule has 1 amide bonds. The van der Waals surface area contributed by atoms with Crippen LogP contribution in [0.5, 0.6) is 5.75 Å². The van der Waals surface area contributed by atoms with E-state index < -0.39 is 23.9 Å². The maximum Gasteiger partial charge on any atom is 0.331 e. The van der Waals surface area contributed by atoms with Gasteiger partial charge in [0, 0.05) is 29.0 Å². The fraction of sp³-hybridized carbons (Fsp3) is 0.227. The lowest BCUT2D eigenvalue weighted by molar-refractivity contribution is -0.148. The highest BCUT2D eigenvalue weighted by atomic mass is 16.5. The summed E-state index contributed by atoms with van der Waals surface area (Å²) in [6, 6.07) is 11.0. The van der Waals surface area contributed by atoms with Gasteiger partial charge in [-0.2, -0.15) is 0 Å². The highest BCUT2D eigenvalue weighted by molar-refractivity contribution is 6.08. The lowest BCUT2D eigenvalue weighted by Gasteiger charge is -2.14. The van der Waals surface area contributed by atoms with Gasteiger partial charge in [0.25, 0.3) is 5.91 Å². The fourth-order valence-corrected chi connectivity index (χ4v) is 2.85. The van der Waals surface area contributed by atoms with E-state index in [-0.39, 0.29) is 6.61 Å². The average Bonchev–Trinajstić information content (AvgIpc) is 3.09. The second kappa shape index (κ2) is 9.13. The maximum atomic E-state index is 12.5. The molecule has 0 saturated carbocycles. The largest absolute Gasteiger partial charge is 0.495 e. The number of hydrogen-bond acceptors (Lipinski definition) is 7. The van der Waals surface area contributed by atoms with Crippen molar-refractivity contribution in [1.82, 2.24) is 0 Å². The van der Waals surface area contributed by atoms with Gasteiger partial charge in [0.2, 0.25) is 0 Å². The number of methoxy groups -OCH3 is 1. The van der Waals surface area contributed by atoms with Crippen LogP contribution in [0.1, 0.15) is 13.8 Å². The van der Waals surface area contributed by atoms with Gasteiger partial charge in [0.1, 0.15) is 16.9 Å². The van der Waals surface area contributed by atoms with Crippen LogP contribution in [0, 0.1) is 0 Å². The molecule has 3 aromatic rings. The number of ether oxygens (including phenoxy) is 3. The maximum absolute atomic E-state index is 12.5. The van der Waals surface area contributed by atoms with Gasteiger partial charge in [-0.25, -0.2) is 9.59 Å². The molecule has 30 heavy (non-hydrogen) atoms. The van der Waals surface area contributed by atoms with E-state index in [4.69, 9.17) is 13.9 Å². The predicted molar refractivity (Wildman–Crippen MR) is 110 cm³/mol. The zero-order valence-electron chi connectivity index (χ0n) is 16.8.